The summed E-state index contributed by atoms with van der Waals surface area (Å²) >= 11 is 1.50. The van der Waals surface area contributed by atoms with Crippen molar-refractivity contribution in [3.63, 3.8) is 0 Å². The van der Waals surface area contributed by atoms with E-state index < -0.39 is 0 Å². The second kappa shape index (κ2) is 6.90. The number of hydrogen-bond donors (Lipinski definition) is 1. The van der Waals surface area contributed by atoms with Crippen molar-refractivity contribution in [2.24, 2.45) is 17.8 Å². The van der Waals surface area contributed by atoms with Crippen LogP contribution in [0.2, 0.25) is 0 Å². The number of rotatable bonds is 5. The van der Waals surface area contributed by atoms with E-state index >= 15 is 0 Å². The van der Waals surface area contributed by atoms with Gasteiger partial charge in [0, 0.05) is 11.2 Å². The zero-order valence-corrected chi connectivity index (χ0v) is 17.4. The van der Waals surface area contributed by atoms with Gasteiger partial charge in [-0.05, 0) is 82.3 Å². The largest absolute Gasteiger partial charge is 0.350 e. The summed E-state index contributed by atoms with van der Waals surface area (Å²) in [6.07, 6.45) is 7.71. The number of carbonyl (C=O) groups excluding carboxylic acids is 1. The molecule has 5 nitrogen and oxygen atoms in total. The number of hydrogen-bond acceptors (Lipinski definition) is 4. The minimum Gasteiger partial charge on any atom is -0.350 e. The van der Waals surface area contributed by atoms with Gasteiger partial charge in [0.1, 0.15) is 5.82 Å². The smallest absolute Gasteiger partial charge is 0.233 e. The molecule has 0 radical (unpaired) electrons. The Morgan fingerprint density at radius 3 is 2.32 bits per heavy atom. The van der Waals surface area contributed by atoms with E-state index in [0.29, 0.717) is 0 Å². The number of amides is 1. The molecule has 1 heterocycles. The highest BCUT2D eigenvalue weighted by Gasteiger charge is 2.51. The maximum Gasteiger partial charge on any atom is 0.233 e. The van der Waals surface area contributed by atoms with Gasteiger partial charge in [-0.2, -0.15) is 0 Å². The molecule has 1 unspecified atom stereocenters. The minimum absolute atomic E-state index is 0.0592. The standard InChI is InChI=1S/C22H28N4OS/c1-14(28-21-25-24-15(2)26(21)19-6-4-3-5-7-19)20(27)23-22-11-16-8-17(12-22)10-18(9-16)13-22/h3-7,14,16-18H,8-13H2,1-2H3,(H,23,27). The maximum absolute atomic E-state index is 13.1. The predicted molar refractivity (Wildman–Crippen MR) is 110 cm³/mol. The van der Waals surface area contributed by atoms with Crippen LogP contribution in [0.1, 0.15) is 51.3 Å². The quantitative estimate of drug-likeness (QED) is 0.772. The summed E-state index contributed by atoms with van der Waals surface area (Å²) in [7, 11) is 0. The highest BCUT2D eigenvalue weighted by Crippen LogP contribution is 2.55. The molecular formula is C22H28N4OS. The summed E-state index contributed by atoms with van der Waals surface area (Å²) in [6.45, 7) is 3.93. The first-order valence-corrected chi connectivity index (χ1v) is 11.4. The van der Waals surface area contributed by atoms with Crippen molar-refractivity contribution < 1.29 is 4.79 Å². The fourth-order valence-corrected chi connectivity index (χ4v) is 7.05. The zero-order chi connectivity index (χ0) is 19.3. The van der Waals surface area contributed by atoms with Gasteiger partial charge in [0.15, 0.2) is 5.16 Å². The Morgan fingerprint density at radius 2 is 1.71 bits per heavy atom. The van der Waals surface area contributed by atoms with E-state index in [0.717, 1.165) is 34.4 Å². The maximum atomic E-state index is 13.1. The third-order valence-corrected chi connectivity index (χ3v) is 7.93. The average molecular weight is 397 g/mol. The third kappa shape index (κ3) is 3.25. The molecule has 4 bridgehead atoms. The lowest BCUT2D eigenvalue weighted by molar-refractivity contribution is -0.126. The number of aromatic nitrogens is 3. The molecule has 4 fully saturated rings. The first-order chi connectivity index (χ1) is 13.5. The minimum atomic E-state index is -0.195. The lowest BCUT2D eigenvalue weighted by Crippen LogP contribution is -2.60. The van der Waals surface area contributed by atoms with Crippen LogP contribution < -0.4 is 5.32 Å². The van der Waals surface area contributed by atoms with Crippen molar-refractivity contribution in [3.8, 4) is 5.69 Å². The second-order valence-corrected chi connectivity index (χ2v) is 10.5. The number of nitrogens with one attached hydrogen (secondary N) is 1. The van der Waals surface area contributed by atoms with Crippen molar-refractivity contribution >= 4 is 17.7 Å². The van der Waals surface area contributed by atoms with Gasteiger partial charge >= 0.3 is 0 Å². The summed E-state index contributed by atoms with van der Waals surface area (Å²) in [4.78, 5) is 13.1. The van der Waals surface area contributed by atoms with Gasteiger partial charge in [0.2, 0.25) is 5.91 Å². The van der Waals surface area contributed by atoms with Gasteiger partial charge in [-0.25, -0.2) is 0 Å². The SMILES string of the molecule is Cc1nnc(SC(C)C(=O)NC23CC4CC(CC(C4)C2)C3)n1-c1ccccc1. The highest BCUT2D eigenvalue weighted by atomic mass is 32.2. The Kier molecular flexibility index (Phi) is 4.49. The molecule has 1 aromatic carbocycles. The lowest BCUT2D eigenvalue weighted by Gasteiger charge is -2.57. The molecule has 1 atom stereocenters. The summed E-state index contributed by atoms with van der Waals surface area (Å²) < 4.78 is 2.03. The number of carbonyl (C=O) groups is 1. The number of para-hydroxylation sites is 1. The van der Waals surface area contributed by atoms with E-state index in [4.69, 9.17) is 0 Å². The van der Waals surface area contributed by atoms with Crippen molar-refractivity contribution in [1.29, 1.82) is 0 Å². The molecule has 4 aliphatic carbocycles. The van der Waals surface area contributed by atoms with Crippen LogP contribution >= 0.6 is 11.8 Å². The van der Waals surface area contributed by atoms with E-state index in [-0.39, 0.29) is 16.7 Å². The normalized spacial score (nSPS) is 31.7. The third-order valence-electron chi connectivity index (χ3n) is 6.89. The number of benzene rings is 1. The first-order valence-electron chi connectivity index (χ1n) is 10.5. The Morgan fingerprint density at radius 1 is 1.11 bits per heavy atom. The van der Waals surface area contributed by atoms with Crippen molar-refractivity contribution in [2.45, 2.75) is 68.3 Å². The first kappa shape index (κ1) is 18.2. The predicted octanol–water partition coefficient (Wildman–Crippen LogP) is 4.14. The van der Waals surface area contributed by atoms with Crippen molar-refractivity contribution in [2.75, 3.05) is 0 Å². The summed E-state index contributed by atoms with van der Waals surface area (Å²) in [5.74, 6) is 3.48. The molecule has 1 aromatic heterocycles. The van der Waals surface area contributed by atoms with Crippen LogP contribution in [0.15, 0.2) is 35.5 Å². The van der Waals surface area contributed by atoms with Crippen LogP contribution in [0.3, 0.4) is 0 Å². The molecule has 6 rings (SSSR count). The van der Waals surface area contributed by atoms with Gasteiger partial charge in [-0.1, -0.05) is 30.0 Å². The Balaban J connectivity index is 1.30. The Bertz CT molecular complexity index is 843. The molecule has 148 valence electrons. The van der Waals surface area contributed by atoms with E-state index in [1.165, 1.54) is 50.3 Å². The van der Waals surface area contributed by atoms with Crippen molar-refractivity contribution in [3.05, 3.63) is 36.2 Å². The fourth-order valence-electron chi connectivity index (χ4n) is 6.13. The molecule has 0 spiro atoms. The summed E-state index contributed by atoms with van der Waals surface area (Å²) in [5.41, 5.74) is 1.09. The van der Waals surface area contributed by atoms with Crippen LogP contribution in [0, 0.1) is 24.7 Å². The molecule has 0 saturated heterocycles. The molecule has 1 N–H and O–H groups in total. The van der Waals surface area contributed by atoms with E-state index in [2.05, 4.69) is 15.5 Å². The van der Waals surface area contributed by atoms with Gasteiger partial charge in [-0.3, -0.25) is 9.36 Å². The monoisotopic (exact) mass is 396 g/mol. The van der Waals surface area contributed by atoms with Crippen LogP contribution in [0.5, 0.6) is 0 Å². The van der Waals surface area contributed by atoms with E-state index in [9.17, 15) is 4.79 Å². The van der Waals surface area contributed by atoms with Gasteiger partial charge in [0.05, 0.1) is 5.25 Å². The molecule has 2 aromatic rings. The number of thioether (sulfide) groups is 1. The molecule has 4 aliphatic rings. The van der Waals surface area contributed by atoms with Crippen molar-refractivity contribution in [1.82, 2.24) is 20.1 Å². The van der Waals surface area contributed by atoms with E-state index in [1.54, 1.807) is 0 Å². The topological polar surface area (TPSA) is 59.8 Å². The lowest BCUT2D eigenvalue weighted by atomic mass is 9.53. The molecule has 4 saturated carbocycles. The van der Waals surface area contributed by atoms with Crippen LogP contribution in [0.4, 0.5) is 0 Å². The molecule has 28 heavy (non-hydrogen) atoms. The summed E-state index contributed by atoms with van der Waals surface area (Å²) in [6, 6.07) is 10.1. The average Bonchev–Trinajstić information content (AvgIpc) is 3.01. The Hall–Kier alpha value is -1.82. The fraction of sp³-hybridized carbons (Fsp3) is 0.591. The van der Waals surface area contributed by atoms with Crippen LogP contribution in [-0.4, -0.2) is 31.5 Å². The number of nitrogens with zero attached hydrogens (tertiary/aromatic N) is 3. The van der Waals surface area contributed by atoms with Gasteiger partial charge < -0.3 is 5.32 Å². The van der Waals surface area contributed by atoms with Crippen LogP contribution in [-0.2, 0) is 4.79 Å². The Labute approximate surface area is 170 Å². The molecule has 0 aliphatic heterocycles. The van der Waals surface area contributed by atoms with Gasteiger partial charge in [0.25, 0.3) is 0 Å². The summed E-state index contributed by atoms with van der Waals surface area (Å²) in [5, 5.41) is 12.7. The molecular weight excluding hydrogens is 368 g/mol. The zero-order valence-electron chi connectivity index (χ0n) is 16.6. The molecule has 1 amide bonds. The van der Waals surface area contributed by atoms with Crippen LogP contribution in [0.25, 0.3) is 5.69 Å². The van der Waals surface area contributed by atoms with E-state index in [1.807, 2.05) is 48.7 Å². The highest BCUT2D eigenvalue weighted by molar-refractivity contribution is 8.00. The number of aryl methyl sites for hydroxylation is 1. The molecule has 6 heteroatoms. The second-order valence-electron chi connectivity index (χ2n) is 9.15. The van der Waals surface area contributed by atoms with Gasteiger partial charge in [-0.15, -0.1) is 10.2 Å².